The fraction of sp³-hybridized carbons (Fsp3) is 0.300. The van der Waals surface area contributed by atoms with Crippen molar-refractivity contribution in [3.63, 3.8) is 0 Å². The van der Waals surface area contributed by atoms with E-state index in [0.29, 0.717) is 22.8 Å². The molecule has 9 nitrogen and oxygen atoms in total. The normalized spacial score (nSPS) is 11.2. The van der Waals surface area contributed by atoms with Crippen LogP contribution in [0.25, 0.3) is 11.3 Å². The molecular weight excluding hydrogens is 376 g/mol. The van der Waals surface area contributed by atoms with E-state index in [9.17, 15) is 14.4 Å². The minimum Gasteiger partial charge on any atom is -0.496 e. The van der Waals surface area contributed by atoms with E-state index in [2.05, 4.69) is 20.9 Å². The van der Waals surface area contributed by atoms with Crippen LogP contribution in [0.5, 0.6) is 5.75 Å². The summed E-state index contributed by atoms with van der Waals surface area (Å²) in [4.78, 5) is 39.9. The molecule has 0 fully saturated rings. The van der Waals surface area contributed by atoms with Gasteiger partial charge in [0.25, 0.3) is 0 Å². The lowest BCUT2D eigenvalue weighted by atomic mass is 10.1. The number of ether oxygens (including phenoxy) is 1. The van der Waals surface area contributed by atoms with Crippen LogP contribution in [0.3, 0.4) is 0 Å². The van der Waals surface area contributed by atoms with Crippen molar-refractivity contribution in [2.24, 2.45) is 0 Å². The number of amides is 3. The maximum absolute atomic E-state index is 12.3. The largest absolute Gasteiger partial charge is 0.496 e. The van der Waals surface area contributed by atoms with Gasteiger partial charge in [-0.2, -0.15) is 0 Å². The number of allylic oxidation sites excluding steroid dienone is 1. The molecule has 154 valence electrons. The van der Waals surface area contributed by atoms with Gasteiger partial charge in [-0.05, 0) is 39.0 Å². The van der Waals surface area contributed by atoms with Gasteiger partial charge in [-0.15, -0.1) is 0 Å². The molecule has 0 aliphatic carbocycles. The highest BCUT2D eigenvalue weighted by Gasteiger charge is 2.25. The molecule has 1 aromatic carbocycles. The van der Waals surface area contributed by atoms with E-state index in [0.717, 1.165) is 0 Å². The summed E-state index contributed by atoms with van der Waals surface area (Å²) in [6.07, 6.45) is 5.83. The van der Waals surface area contributed by atoms with Crippen molar-refractivity contribution in [2.45, 2.75) is 26.3 Å². The molecule has 0 saturated heterocycles. The van der Waals surface area contributed by atoms with Crippen LogP contribution >= 0.6 is 0 Å². The number of anilines is 1. The van der Waals surface area contributed by atoms with E-state index in [-0.39, 0.29) is 12.5 Å². The third kappa shape index (κ3) is 6.20. The van der Waals surface area contributed by atoms with Gasteiger partial charge in [0.15, 0.2) is 12.2 Å². The smallest absolute Gasteiger partial charge is 0.313 e. The average molecular weight is 400 g/mol. The molecule has 0 aliphatic heterocycles. The van der Waals surface area contributed by atoms with Gasteiger partial charge in [0, 0.05) is 18.3 Å². The predicted octanol–water partition coefficient (Wildman–Crippen LogP) is 1.88. The molecule has 0 radical (unpaired) electrons. The van der Waals surface area contributed by atoms with Gasteiger partial charge in [0.05, 0.1) is 24.4 Å². The van der Waals surface area contributed by atoms with Gasteiger partial charge in [-0.3, -0.25) is 14.4 Å². The molecule has 2 rings (SSSR count). The van der Waals surface area contributed by atoms with Crippen molar-refractivity contribution >= 4 is 23.4 Å². The first-order valence-corrected chi connectivity index (χ1v) is 8.86. The first-order valence-electron chi connectivity index (χ1n) is 8.86. The van der Waals surface area contributed by atoms with E-state index < -0.39 is 17.4 Å². The van der Waals surface area contributed by atoms with E-state index in [4.69, 9.17) is 9.15 Å². The minimum atomic E-state index is -0.840. The summed E-state index contributed by atoms with van der Waals surface area (Å²) in [5, 5.41) is 7.76. The summed E-state index contributed by atoms with van der Waals surface area (Å²) in [5.41, 5.74) is 0.217. The molecule has 0 saturated carbocycles. The fourth-order valence-corrected chi connectivity index (χ4v) is 2.44. The number of benzene rings is 1. The Kier molecular flexibility index (Phi) is 7.13. The number of hydrogen-bond donors (Lipinski definition) is 3. The molecule has 3 N–H and O–H groups in total. The number of methoxy groups -OCH3 is 1. The summed E-state index contributed by atoms with van der Waals surface area (Å²) in [6, 6.07) is 4.88. The Morgan fingerprint density at radius 1 is 1.24 bits per heavy atom. The van der Waals surface area contributed by atoms with Gasteiger partial charge in [0.2, 0.25) is 5.91 Å². The predicted molar refractivity (Wildman–Crippen MR) is 107 cm³/mol. The summed E-state index contributed by atoms with van der Waals surface area (Å²) in [6.45, 7) is 5.28. The first kappa shape index (κ1) is 21.7. The van der Waals surface area contributed by atoms with E-state index in [1.54, 1.807) is 51.2 Å². The molecule has 1 heterocycles. The van der Waals surface area contributed by atoms with Crippen LogP contribution < -0.4 is 20.7 Å². The molecule has 29 heavy (non-hydrogen) atoms. The lowest BCUT2D eigenvalue weighted by molar-refractivity contribution is -0.137. The summed E-state index contributed by atoms with van der Waals surface area (Å²) in [7, 11) is 1.48. The Labute approximate surface area is 168 Å². The Morgan fingerprint density at radius 2 is 2.00 bits per heavy atom. The highest BCUT2D eigenvalue weighted by molar-refractivity contribution is 6.39. The molecule has 0 unspecified atom stereocenters. The molecule has 0 spiro atoms. The third-order valence-corrected chi connectivity index (χ3v) is 3.84. The van der Waals surface area contributed by atoms with Gasteiger partial charge in [-0.1, -0.05) is 6.08 Å². The topological polar surface area (TPSA) is 123 Å². The van der Waals surface area contributed by atoms with Gasteiger partial charge in [0.1, 0.15) is 5.75 Å². The van der Waals surface area contributed by atoms with Crippen molar-refractivity contribution in [1.82, 2.24) is 15.6 Å². The molecule has 3 amide bonds. The maximum atomic E-state index is 12.3. The number of hydrogen-bond acceptors (Lipinski definition) is 6. The van der Waals surface area contributed by atoms with Gasteiger partial charge < -0.3 is 25.1 Å². The van der Waals surface area contributed by atoms with Crippen LogP contribution in [0.15, 0.2) is 47.4 Å². The van der Waals surface area contributed by atoms with Crippen LogP contribution in [0, 0.1) is 0 Å². The molecule has 0 aliphatic rings. The van der Waals surface area contributed by atoms with Crippen LogP contribution in [0.4, 0.5) is 5.69 Å². The number of aromatic nitrogens is 1. The Balaban J connectivity index is 2.00. The Hall–Kier alpha value is -3.62. The van der Waals surface area contributed by atoms with E-state index in [1.807, 2.05) is 0 Å². The van der Waals surface area contributed by atoms with Crippen molar-refractivity contribution in [3.05, 3.63) is 42.9 Å². The molecule has 0 atom stereocenters. The highest BCUT2D eigenvalue weighted by Crippen LogP contribution is 2.32. The average Bonchev–Trinajstić information content (AvgIpc) is 3.20. The molecule has 1 aromatic heterocycles. The maximum Gasteiger partial charge on any atom is 0.313 e. The zero-order valence-electron chi connectivity index (χ0n) is 16.7. The second-order valence-electron chi connectivity index (χ2n) is 6.79. The SMILES string of the molecule is C/C=C/C(=O)NCC(C)(C)NC(=O)C(=O)Nc1ccc(-c2cnco2)c(OC)c1. The van der Waals surface area contributed by atoms with Crippen molar-refractivity contribution < 1.29 is 23.5 Å². The van der Waals surface area contributed by atoms with Gasteiger partial charge >= 0.3 is 11.8 Å². The quantitative estimate of drug-likeness (QED) is 0.482. The van der Waals surface area contributed by atoms with E-state index >= 15 is 0 Å². The standard InChI is InChI=1S/C20H24N4O5/c1-5-6-17(25)22-11-20(2,3)24-19(27)18(26)23-13-7-8-14(15(9-13)28-4)16-10-21-12-29-16/h5-10,12H,11H2,1-4H3,(H,22,25)(H,23,26)(H,24,27)/b6-5+. The van der Waals surface area contributed by atoms with Crippen molar-refractivity contribution in [3.8, 4) is 17.1 Å². The molecule has 2 aromatic rings. The number of nitrogens with one attached hydrogen (secondary N) is 3. The lowest BCUT2D eigenvalue weighted by Crippen LogP contribution is -2.53. The third-order valence-electron chi connectivity index (χ3n) is 3.84. The van der Waals surface area contributed by atoms with Crippen molar-refractivity contribution in [2.75, 3.05) is 19.0 Å². The van der Waals surface area contributed by atoms with Crippen LogP contribution in [-0.4, -0.2) is 41.9 Å². The second-order valence-corrected chi connectivity index (χ2v) is 6.79. The highest BCUT2D eigenvalue weighted by atomic mass is 16.5. The summed E-state index contributed by atoms with van der Waals surface area (Å²) < 4.78 is 10.6. The number of carbonyl (C=O) groups excluding carboxylic acids is 3. The number of rotatable bonds is 7. The molecule has 9 heteroatoms. The molecular formula is C20H24N4O5. The fourth-order valence-electron chi connectivity index (χ4n) is 2.44. The van der Waals surface area contributed by atoms with Crippen LogP contribution in [0.2, 0.25) is 0 Å². The van der Waals surface area contributed by atoms with Crippen molar-refractivity contribution in [1.29, 1.82) is 0 Å². The Bertz CT molecular complexity index is 904. The second kappa shape index (κ2) is 9.54. The molecule has 0 bridgehead atoms. The van der Waals surface area contributed by atoms with Crippen LogP contribution in [-0.2, 0) is 14.4 Å². The number of oxazole rings is 1. The van der Waals surface area contributed by atoms with Gasteiger partial charge in [-0.25, -0.2) is 4.98 Å². The summed E-state index contributed by atoms with van der Waals surface area (Å²) >= 11 is 0. The monoisotopic (exact) mass is 400 g/mol. The van der Waals surface area contributed by atoms with E-state index in [1.165, 1.54) is 19.6 Å². The zero-order valence-corrected chi connectivity index (χ0v) is 16.7. The zero-order chi connectivity index (χ0) is 21.4. The summed E-state index contributed by atoms with van der Waals surface area (Å²) in [5.74, 6) is -0.981. The number of carbonyl (C=O) groups is 3. The first-order chi connectivity index (χ1) is 13.8. The lowest BCUT2D eigenvalue weighted by Gasteiger charge is -2.26. The van der Waals surface area contributed by atoms with Crippen LogP contribution in [0.1, 0.15) is 20.8 Å². The number of nitrogens with zero attached hydrogens (tertiary/aromatic N) is 1. The minimum absolute atomic E-state index is 0.162. The Morgan fingerprint density at radius 3 is 2.62 bits per heavy atom.